The molecule has 0 aliphatic rings. The summed E-state index contributed by atoms with van der Waals surface area (Å²) in [6.45, 7) is 7.90. The molecule has 5 heteroatoms. The molecule has 0 fully saturated rings. The highest BCUT2D eigenvalue weighted by atomic mass is 16.5. The zero-order valence-electron chi connectivity index (χ0n) is 13.5. The number of hydrogen-bond donors (Lipinski definition) is 2. The van der Waals surface area contributed by atoms with Crippen LogP contribution in [0.5, 0.6) is 5.75 Å². The summed E-state index contributed by atoms with van der Waals surface area (Å²) < 4.78 is 5.15. The van der Waals surface area contributed by atoms with Crippen molar-refractivity contribution in [1.82, 2.24) is 4.90 Å². The molecule has 0 spiro atoms. The number of benzene rings is 1. The van der Waals surface area contributed by atoms with E-state index in [-0.39, 0.29) is 11.4 Å². The van der Waals surface area contributed by atoms with Crippen LogP contribution < -0.4 is 15.8 Å². The van der Waals surface area contributed by atoms with Gasteiger partial charge >= 0.3 is 0 Å². The summed E-state index contributed by atoms with van der Waals surface area (Å²) in [6, 6.07) is 7.34. The van der Waals surface area contributed by atoms with Crippen molar-refractivity contribution in [3.05, 3.63) is 24.3 Å². The summed E-state index contributed by atoms with van der Waals surface area (Å²) in [5, 5.41) is 2.90. The average molecular weight is 293 g/mol. The van der Waals surface area contributed by atoms with E-state index < -0.39 is 0 Å². The summed E-state index contributed by atoms with van der Waals surface area (Å²) >= 11 is 0. The Morgan fingerprint density at radius 2 is 2.14 bits per heavy atom. The van der Waals surface area contributed by atoms with Crippen LogP contribution in [-0.2, 0) is 4.79 Å². The Labute approximate surface area is 127 Å². The molecule has 0 bridgehead atoms. The number of nitrogens with two attached hydrogens (primary N) is 1. The number of amides is 1. The molecule has 1 amide bonds. The van der Waals surface area contributed by atoms with E-state index in [0.29, 0.717) is 13.1 Å². The minimum atomic E-state index is -0.193. The van der Waals surface area contributed by atoms with Crippen LogP contribution in [0.15, 0.2) is 24.3 Å². The van der Waals surface area contributed by atoms with E-state index in [9.17, 15) is 4.79 Å². The maximum atomic E-state index is 12.2. The van der Waals surface area contributed by atoms with Crippen LogP contribution in [0.25, 0.3) is 0 Å². The van der Waals surface area contributed by atoms with E-state index in [4.69, 9.17) is 10.5 Å². The largest absolute Gasteiger partial charge is 0.497 e. The third kappa shape index (κ3) is 5.36. The molecule has 0 heterocycles. The van der Waals surface area contributed by atoms with Crippen molar-refractivity contribution < 1.29 is 9.53 Å². The zero-order valence-corrected chi connectivity index (χ0v) is 13.5. The molecule has 1 aromatic rings. The van der Waals surface area contributed by atoms with Gasteiger partial charge in [0.25, 0.3) is 0 Å². The smallest absolute Gasteiger partial charge is 0.238 e. The van der Waals surface area contributed by atoms with E-state index in [0.717, 1.165) is 24.4 Å². The quantitative estimate of drug-likeness (QED) is 0.770. The van der Waals surface area contributed by atoms with Gasteiger partial charge in [-0.2, -0.15) is 0 Å². The minimum absolute atomic E-state index is 0.0433. The molecule has 118 valence electrons. The second-order valence-corrected chi connectivity index (χ2v) is 5.72. The van der Waals surface area contributed by atoms with Crippen LogP contribution in [0.3, 0.4) is 0 Å². The van der Waals surface area contributed by atoms with Crippen molar-refractivity contribution in [3.8, 4) is 5.75 Å². The minimum Gasteiger partial charge on any atom is -0.497 e. The number of rotatable bonds is 8. The van der Waals surface area contributed by atoms with Crippen molar-refractivity contribution >= 4 is 11.6 Å². The number of carbonyl (C=O) groups excluding carboxylic acids is 1. The number of methoxy groups -OCH3 is 1. The molecule has 0 radical (unpaired) electrons. The molecule has 0 saturated heterocycles. The number of ether oxygens (including phenoxy) is 1. The fourth-order valence-corrected chi connectivity index (χ4v) is 2.07. The van der Waals surface area contributed by atoms with Gasteiger partial charge in [0.05, 0.1) is 13.7 Å². The van der Waals surface area contributed by atoms with E-state index in [1.165, 1.54) is 0 Å². The third-order valence-corrected chi connectivity index (χ3v) is 3.54. The van der Waals surface area contributed by atoms with Crippen molar-refractivity contribution in [3.63, 3.8) is 0 Å². The first kappa shape index (κ1) is 17.5. The summed E-state index contributed by atoms with van der Waals surface area (Å²) in [7, 11) is 1.60. The van der Waals surface area contributed by atoms with Gasteiger partial charge in [-0.3, -0.25) is 9.69 Å². The van der Waals surface area contributed by atoms with Crippen molar-refractivity contribution in [2.45, 2.75) is 32.7 Å². The second-order valence-electron chi connectivity index (χ2n) is 5.72. The number of nitrogens with zero attached hydrogens (tertiary/aromatic N) is 1. The normalized spacial score (nSPS) is 11.5. The molecule has 0 atom stereocenters. The van der Waals surface area contributed by atoms with Gasteiger partial charge in [0.2, 0.25) is 5.91 Å². The van der Waals surface area contributed by atoms with Gasteiger partial charge in [-0.25, -0.2) is 0 Å². The molecule has 1 aromatic carbocycles. The molecular formula is C16H27N3O2. The SMILES string of the molecule is CCCN(CC(=O)Nc1cccc(OC)c1)C(C)(C)CN. The lowest BCUT2D eigenvalue weighted by Gasteiger charge is -2.37. The monoisotopic (exact) mass is 293 g/mol. The molecule has 3 N–H and O–H groups in total. The first-order chi connectivity index (χ1) is 9.92. The Morgan fingerprint density at radius 1 is 1.43 bits per heavy atom. The number of nitrogens with one attached hydrogen (secondary N) is 1. The summed E-state index contributed by atoms with van der Waals surface area (Å²) in [5.74, 6) is 0.679. The fraction of sp³-hybridized carbons (Fsp3) is 0.562. The van der Waals surface area contributed by atoms with E-state index in [1.807, 2.05) is 18.2 Å². The molecule has 0 saturated carbocycles. The molecule has 0 aliphatic heterocycles. The van der Waals surface area contributed by atoms with Gasteiger partial charge in [-0.15, -0.1) is 0 Å². The van der Waals surface area contributed by atoms with Crippen LogP contribution in [0, 0.1) is 0 Å². The summed E-state index contributed by atoms with van der Waals surface area (Å²) in [5.41, 5.74) is 6.36. The molecule has 0 aromatic heterocycles. The van der Waals surface area contributed by atoms with Crippen LogP contribution in [-0.4, -0.2) is 43.1 Å². The molecule has 0 aliphatic carbocycles. The van der Waals surface area contributed by atoms with Crippen LogP contribution in [0.1, 0.15) is 27.2 Å². The summed E-state index contributed by atoms with van der Waals surface area (Å²) in [6.07, 6.45) is 0.982. The Balaban J connectivity index is 2.69. The maximum absolute atomic E-state index is 12.2. The van der Waals surface area contributed by atoms with Gasteiger partial charge < -0.3 is 15.8 Å². The van der Waals surface area contributed by atoms with Crippen LogP contribution in [0.2, 0.25) is 0 Å². The lowest BCUT2D eigenvalue weighted by Crippen LogP contribution is -2.52. The Hall–Kier alpha value is -1.59. The molecule has 5 nitrogen and oxygen atoms in total. The van der Waals surface area contributed by atoms with E-state index in [1.54, 1.807) is 13.2 Å². The van der Waals surface area contributed by atoms with Crippen LogP contribution in [0.4, 0.5) is 5.69 Å². The summed E-state index contributed by atoms with van der Waals surface area (Å²) in [4.78, 5) is 14.3. The zero-order chi connectivity index (χ0) is 15.9. The Morgan fingerprint density at radius 3 is 2.71 bits per heavy atom. The number of anilines is 1. The maximum Gasteiger partial charge on any atom is 0.238 e. The van der Waals surface area contributed by atoms with Crippen molar-refractivity contribution in [2.75, 3.05) is 32.1 Å². The molecule has 0 unspecified atom stereocenters. The van der Waals surface area contributed by atoms with E-state index >= 15 is 0 Å². The number of carbonyl (C=O) groups is 1. The Bertz CT molecular complexity index is 461. The average Bonchev–Trinajstić information content (AvgIpc) is 2.47. The predicted molar refractivity (Wildman–Crippen MR) is 86.6 cm³/mol. The Kier molecular flexibility index (Phi) is 6.65. The molecule has 1 rings (SSSR count). The molecule has 21 heavy (non-hydrogen) atoms. The van der Waals surface area contributed by atoms with Gasteiger partial charge in [-0.1, -0.05) is 13.0 Å². The highest BCUT2D eigenvalue weighted by Crippen LogP contribution is 2.17. The second kappa shape index (κ2) is 8.00. The first-order valence-corrected chi connectivity index (χ1v) is 7.32. The van der Waals surface area contributed by atoms with Gasteiger partial charge in [-0.05, 0) is 38.9 Å². The van der Waals surface area contributed by atoms with Gasteiger partial charge in [0.15, 0.2) is 0 Å². The predicted octanol–water partition coefficient (Wildman–Crippen LogP) is 2.08. The highest BCUT2D eigenvalue weighted by Gasteiger charge is 2.26. The fourth-order valence-electron chi connectivity index (χ4n) is 2.07. The van der Waals surface area contributed by atoms with E-state index in [2.05, 4.69) is 31.0 Å². The standard InChI is InChI=1S/C16H27N3O2/c1-5-9-19(16(2,3)12-17)11-15(20)18-13-7-6-8-14(10-13)21-4/h6-8,10H,5,9,11-12,17H2,1-4H3,(H,18,20). The topological polar surface area (TPSA) is 67.6 Å². The third-order valence-electron chi connectivity index (χ3n) is 3.54. The first-order valence-electron chi connectivity index (χ1n) is 7.32. The molecular weight excluding hydrogens is 266 g/mol. The van der Waals surface area contributed by atoms with Crippen molar-refractivity contribution in [1.29, 1.82) is 0 Å². The van der Waals surface area contributed by atoms with Gasteiger partial charge in [0, 0.05) is 23.8 Å². The highest BCUT2D eigenvalue weighted by molar-refractivity contribution is 5.92. The lowest BCUT2D eigenvalue weighted by atomic mass is 10.0. The number of hydrogen-bond acceptors (Lipinski definition) is 4. The lowest BCUT2D eigenvalue weighted by molar-refractivity contribution is -0.118. The van der Waals surface area contributed by atoms with Crippen LogP contribution >= 0.6 is 0 Å². The van der Waals surface area contributed by atoms with Gasteiger partial charge in [0.1, 0.15) is 5.75 Å². The van der Waals surface area contributed by atoms with Crippen molar-refractivity contribution in [2.24, 2.45) is 5.73 Å².